The van der Waals surface area contributed by atoms with Crippen molar-refractivity contribution in [1.82, 2.24) is 5.32 Å². The molecule has 3 aliphatic rings. The van der Waals surface area contributed by atoms with Gasteiger partial charge in [0.2, 0.25) is 0 Å². The van der Waals surface area contributed by atoms with E-state index in [0.29, 0.717) is 6.04 Å². The molecule has 2 saturated carbocycles. The minimum absolute atomic E-state index is 0.500. The summed E-state index contributed by atoms with van der Waals surface area (Å²) in [5, 5.41) is 3.97. The Labute approximate surface area is 128 Å². The van der Waals surface area contributed by atoms with Crippen molar-refractivity contribution < 1.29 is 4.74 Å². The highest BCUT2D eigenvalue weighted by atomic mass is 16.5. The highest BCUT2D eigenvalue weighted by Gasteiger charge is 2.33. The fourth-order valence-electron chi connectivity index (χ4n) is 4.82. The largest absolute Gasteiger partial charge is 0.493 e. The van der Waals surface area contributed by atoms with Crippen molar-refractivity contribution in [2.45, 2.75) is 63.5 Å². The Hall–Kier alpha value is -1.02. The second kappa shape index (κ2) is 6.00. The van der Waals surface area contributed by atoms with E-state index in [2.05, 4.69) is 29.6 Å². The van der Waals surface area contributed by atoms with Gasteiger partial charge in [-0.1, -0.05) is 43.9 Å². The van der Waals surface area contributed by atoms with Gasteiger partial charge in [-0.3, -0.25) is 0 Å². The lowest BCUT2D eigenvalue weighted by Gasteiger charge is -2.41. The fourth-order valence-corrected chi connectivity index (χ4v) is 4.82. The van der Waals surface area contributed by atoms with Crippen LogP contribution in [-0.2, 0) is 0 Å². The Morgan fingerprint density at radius 3 is 2.71 bits per heavy atom. The predicted molar refractivity (Wildman–Crippen MR) is 85.5 cm³/mol. The van der Waals surface area contributed by atoms with Gasteiger partial charge in [0.05, 0.1) is 6.61 Å². The number of fused-ring (bicyclic) bond motifs is 2. The maximum absolute atomic E-state index is 5.79. The predicted octanol–water partition coefficient (Wildman–Crippen LogP) is 4.46. The Morgan fingerprint density at radius 2 is 1.76 bits per heavy atom. The Bertz CT molecular complexity index is 486. The van der Waals surface area contributed by atoms with Crippen LogP contribution in [0.15, 0.2) is 24.3 Å². The van der Waals surface area contributed by atoms with Crippen LogP contribution in [0, 0.1) is 11.8 Å². The second-order valence-electron chi connectivity index (χ2n) is 7.21. The minimum Gasteiger partial charge on any atom is -0.493 e. The van der Waals surface area contributed by atoms with Crippen molar-refractivity contribution in [1.29, 1.82) is 0 Å². The summed E-state index contributed by atoms with van der Waals surface area (Å²) >= 11 is 0. The van der Waals surface area contributed by atoms with E-state index >= 15 is 0 Å². The lowest BCUT2D eigenvalue weighted by atomic mass is 9.69. The molecule has 2 fully saturated rings. The average Bonchev–Trinajstić information content (AvgIpc) is 2.55. The fraction of sp³-hybridized carbons (Fsp3) is 0.684. The number of rotatable bonds is 2. The molecule has 0 bridgehead atoms. The van der Waals surface area contributed by atoms with E-state index in [-0.39, 0.29) is 0 Å². The van der Waals surface area contributed by atoms with Gasteiger partial charge in [-0.05, 0) is 37.2 Å². The molecule has 1 heterocycles. The molecule has 0 radical (unpaired) electrons. The van der Waals surface area contributed by atoms with Crippen molar-refractivity contribution in [2.75, 3.05) is 6.61 Å². The quantitative estimate of drug-likeness (QED) is 0.866. The number of para-hydroxylation sites is 1. The van der Waals surface area contributed by atoms with Gasteiger partial charge in [0.15, 0.2) is 0 Å². The normalized spacial score (nSPS) is 35.4. The molecule has 1 aromatic carbocycles. The first-order chi connectivity index (χ1) is 10.4. The molecule has 114 valence electrons. The molecule has 0 amide bonds. The molecule has 4 unspecified atom stereocenters. The number of nitrogens with one attached hydrogen (secondary N) is 1. The summed E-state index contributed by atoms with van der Waals surface area (Å²) in [4.78, 5) is 0. The second-order valence-corrected chi connectivity index (χ2v) is 7.21. The lowest BCUT2D eigenvalue weighted by Crippen LogP contribution is -2.41. The van der Waals surface area contributed by atoms with Crippen LogP contribution in [0.4, 0.5) is 0 Å². The van der Waals surface area contributed by atoms with Crippen LogP contribution in [0.1, 0.15) is 63.0 Å². The third-order valence-corrected chi connectivity index (χ3v) is 5.94. The van der Waals surface area contributed by atoms with Gasteiger partial charge >= 0.3 is 0 Å². The van der Waals surface area contributed by atoms with Gasteiger partial charge in [-0.15, -0.1) is 0 Å². The molecule has 2 aliphatic carbocycles. The molecule has 1 aromatic rings. The van der Waals surface area contributed by atoms with Crippen LogP contribution in [0.2, 0.25) is 0 Å². The highest BCUT2D eigenvalue weighted by Crippen LogP contribution is 2.41. The zero-order valence-electron chi connectivity index (χ0n) is 12.9. The summed E-state index contributed by atoms with van der Waals surface area (Å²) in [7, 11) is 0. The van der Waals surface area contributed by atoms with Crippen LogP contribution < -0.4 is 10.1 Å². The summed E-state index contributed by atoms with van der Waals surface area (Å²) in [5.41, 5.74) is 1.37. The molecule has 4 rings (SSSR count). The molecule has 21 heavy (non-hydrogen) atoms. The van der Waals surface area contributed by atoms with E-state index in [0.717, 1.165) is 36.7 Å². The summed E-state index contributed by atoms with van der Waals surface area (Å²) in [6.45, 7) is 0.855. The van der Waals surface area contributed by atoms with E-state index in [1.54, 1.807) is 0 Å². The standard InChI is InChI=1S/C19H27NO/c1-2-6-15-13-16(10-9-14(15)5-1)20-18-11-12-21-19-8-4-3-7-17(18)19/h3-4,7-8,14-16,18,20H,1-2,5-6,9-13H2. The van der Waals surface area contributed by atoms with E-state index in [4.69, 9.17) is 4.74 Å². The average molecular weight is 285 g/mol. The number of ether oxygens (including phenoxy) is 1. The van der Waals surface area contributed by atoms with E-state index in [1.165, 1.54) is 50.5 Å². The molecule has 2 heteroatoms. The van der Waals surface area contributed by atoms with Crippen molar-refractivity contribution in [3.8, 4) is 5.75 Å². The van der Waals surface area contributed by atoms with Crippen LogP contribution in [0.25, 0.3) is 0 Å². The molecule has 0 aromatic heterocycles. The van der Waals surface area contributed by atoms with Gasteiger partial charge in [-0.2, -0.15) is 0 Å². The zero-order chi connectivity index (χ0) is 14.1. The number of benzene rings is 1. The van der Waals surface area contributed by atoms with Crippen LogP contribution in [0.5, 0.6) is 5.75 Å². The first kappa shape index (κ1) is 13.6. The molecule has 1 aliphatic heterocycles. The number of hydrogen-bond acceptors (Lipinski definition) is 2. The van der Waals surface area contributed by atoms with Gasteiger partial charge < -0.3 is 10.1 Å². The van der Waals surface area contributed by atoms with E-state index < -0.39 is 0 Å². The minimum atomic E-state index is 0.500. The summed E-state index contributed by atoms with van der Waals surface area (Å²) < 4.78 is 5.79. The van der Waals surface area contributed by atoms with E-state index in [1.807, 2.05) is 0 Å². The molecule has 1 N–H and O–H groups in total. The van der Waals surface area contributed by atoms with Crippen LogP contribution >= 0.6 is 0 Å². The van der Waals surface area contributed by atoms with Gasteiger partial charge in [0, 0.05) is 24.1 Å². The zero-order valence-corrected chi connectivity index (χ0v) is 12.9. The van der Waals surface area contributed by atoms with Gasteiger partial charge in [0.1, 0.15) is 5.75 Å². The van der Waals surface area contributed by atoms with Crippen molar-refractivity contribution >= 4 is 0 Å². The van der Waals surface area contributed by atoms with Gasteiger partial charge in [0.25, 0.3) is 0 Å². The summed E-state index contributed by atoms with van der Waals surface area (Å²) in [6.07, 6.45) is 11.3. The molecule has 0 saturated heterocycles. The number of hydrogen-bond donors (Lipinski definition) is 1. The first-order valence-electron chi connectivity index (χ1n) is 8.88. The van der Waals surface area contributed by atoms with Crippen molar-refractivity contribution in [3.05, 3.63) is 29.8 Å². The Morgan fingerprint density at radius 1 is 0.905 bits per heavy atom. The topological polar surface area (TPSA) is 21.3 Å². The Kier molecular flexibility index (Phi) is 3.89. The maximum atomic E-state index is 5.79. The lowest BCUT2D eigenvalue weighted by molar-refractivity contribution is 0.132. The van der Waals surface area contributed by atoms with Crippen molar-refractivity contribution in [3.63, 3.8) is 0 Å². The summed E-state index contributed by atoms with van der Waals surface area (Å²) in [5.74, 6) is 3.13. The molecule has 4 atom stereocenters. The molecule has 2 nitrogen and oxygen atoms in total. The van der Waals surface area contributed by atoms with Crippen molar-refractivity contribution in [2.24, 2.45) is 11.8 Å². The van der Waals surface area contributed by atoms with E-state index in [9.17, 15) is 0 Å². The maximum Gasteiger partial charge on any atom is 0.124 e. The molecule has 0 spiro atoms. The SMILES string of the molecule is c1ccc2c(c1)OCCC2NC1CCC2CCCCC2C1. The summed E-state index contributed by atoms with van der Waals surface area (Å²) in [6, 6.07) is 9.79. The molecular weight excluding hydrogens is 258 g/mol. The van der Waals surface area contributed by atoms with Gasteiger partial charge in [-0.25, -0.2) is 0 Å². The Balaban J connectivity index is 1.43. The monoisotopic (exact) mass is 285 g/mol. The smallest absolute Gasteiger partial charge is 0.124 e. The third kappa shape index (κ3) is 2.83. The van der Waals surface area contributed by atoms with Crippen LogP contribution in [-0.4, -0.2) is 12.6 Å². The first-order valence-corrected chi connectivity index (χ1v) is 8.88. The van der Waals surface area contributed by atoms with Crippen LogP contribution in [0.3, 0.4) is 0 Å². The third-order valence-electron chi connectivity index (χ3n) is 5.94. The molecular formula is C19H27NO. The highest BCUT2D eigenvalue weighted by molar-refractivity contribution is 5.37.